The molecule has 0 spiro atoms. The fourth-order valence-electron chi connectivity index (χ4n) is 0.808. The molecule has 1 heterocycles. The summed E-state index contributed by atoms with van der Waals surface area (Å²) in [6.45, 7) is 0.559. The summed E-state index contributed by atoms with van der Waals surface area (Å²) >= 11 is 0. The van der Waals surface area contributed by atoms with Gasteiger partial charge in [-0.05, 0) is 13.0 Å². The van der Waals surface area contributed by atoms with Crippen LogP contribution < -0.4 is 5.73 Å². The van der Waals surface area contributed by atoms with E-state index >= 15 is 0 Å². The fraction of sp³-hybridized carbons (Fsp3) is 0.429. The first-order valence-electron chi connectivity index (χ1n) is 3.63. The molecular weight excluding hydrogens is 196 g/mol. The number of aryl methyl sites for hydroxylation is 1. The summed E-state index contributed by atoms with van der Waals surface area (Å²) in [6, 6.07) is 1.41. The van der Waals surface area contributed by atoms with Crippen LogP contribution in [0.25, 0.3) is 0 Å². The summed E-state index contributed by atoms with van der Waals surface area (Å²) in [6.07, 6.45) is 1.41. The van der Waals surface area contributed by atoms with Crippen molar-refractivity contribution >= 4 is 18.4 Å². The van der Waals surface area contributed by atoms with Gasteiger partial charge in [-0.2, -0.15) is 0 Å². The SMILES string of the molecule is Cl.NCCCc1cc(C(=O)O)no1. The Morgan fingerprint density at radius 1 is 1.69 bits per heavy atom. The van der Waals surface area contributed by atoms with Crippen LogP contribution in [0.3, 0.4) is 0 Å². The quantitative estimate of drug-likeness (QED) is 0.757. The molecule has 0 aliphatic carbocycles. The van der Waals surface area contributed by atoms with Crippen LogP contribution in [0.1, 0.15) is 22.7 Å². The van der Waals surface area contributed by atoms with Crippen molar-refractivity contribution in [3.8, 4) is 0 Å². The number of aromatic carboxylic acids is 1. The van der Waals surface area contributed by atoms with Crippen LogP contribution >= 0.6 is 12.4 Å². The number of hydrogen-bond acceptors (Lipinski definition) is 4. The Bertz CT molecular complexity index is 274. The van der Waals surface area contributed by atoms with E-state index < -0.39 is 5.97 Å². The first-order chi connectivity index (χ1) is 5.74. The predicted molar refractivity (Wildman–Crippen MR) is 48.1 cm³/mol. The third-order valence-corrected chi connectivity index (χ3v) is 1.41. The maximum absolute atomic E-state index is 10.3. The molecule has 5 nitrogen and oxygen atoms in total. The number of carboxylic acids is 1. The van der Waals surface area contributed by atoms with Crippen LogP contribution in [-0.4, -0.2) is 22.8 Å². The highest BCUT2D eigenvalue weighted by Gasteiger charge is 2.09. The van der Waals surface area contributed by atoms with Gasteiger partial charge in [0.05, 0.1) is 0 Å². The highest BCUT2D eigenvalue weighted by atomic mass is 35.5. The first kappa shape index (κ1) is 11.9. The largest absolute Gasteiger partial charge is 0.476 e. The van der Waals surface area contributed by atoms with Crippen LogP contribution in [0, 0.1) is 0 Å². The lowest BCUT2D eigenvalue weighted by atomic mass is 10.2. The van der Waals surface area contributed by atoms with Crippen molar-refractivity contribution in [1.82, 2.24) is 5.16 Å². The molecule has 1 aromatic rings. The molecule has 0 bridgehead atoms. The number of nitrogens with zero attached hydrogens (tertiary/aromatic N) is 1. The number of carboxylic acid groups (broad SMARTS) is 1. The Balaban J connectivity index is 0.00000144. The molecule has 0 amide bonds. The summed E-state index contributed by atoms with van der Waals surface area (Å²) in [5.41, 5.74) is 5.21. The average molecular weight is 207 g/mol. The van der Waals surface area contributed by atoms with E-state index in [2.05, 4.69) is 5.16 Å². The summed E-state index contributed by atoms with van der Waals surface area (Å²) < 4.78 is 4.74. The maximum atomic E-state index is 10.3. The monoisotopic (exact) mass is 206 g/mol. The summed E-state index contributed by atoms with van der Waals surface area (Å²) in [5.74, 6) is -0.504. The van der Waals surface area contributed by atoms with Gasteiger partial charge in [-0.1, -0.05) is 5.16 Å². The Morgan fingerprint density at radius 3 is 2.85 bits per heavy atom. The summed E-state index contributed by atoms with van der Waals surface area (Å²) in [7, 11) is 0. The Hall–Kier alpha value is -1.07. The molecule has 0 unspecified atom stereocenters. The van der Waals surface area contributed by atoms with Gasteiger partial charge in [-0.25, -0.2) is 4.79 Å². The number of hydrogen-bond donors (Lipinski definition) is 2. The minimum Gasteiger partial charge on any atom is -0.476 e. The van der Waals surface area contributed by atoms with Crippen molar-refractivity contribution in [3.05, 3.63) is 17.5 Å². The number of carbonyl (C=O) groups is 1. The third kappa shape index (κ3) is 3.43. The van der Waals surface area contributed by atoms with Gasteiger partial charge in [0.2, 0.25) is 0 Å². The number of rotatable bonds is 4. The summed E-state index contributed by atoms with van der Waals surface area (Å²) in [4.78, 5) is 10.3. The van der Waals surface area contributed by atoms with E-state index in [-0.39, 0.29) is 18.1 Å². The Kier molecular flexibility index (Phi) is 5.10. The van der Waals surface area contributed by atoms with Gasteiger partial charge in [-0.3, -0.25) is 0 Å². The predicted octanol–water partition coefficient (Wildman–Crippen LogP) is 0.686. The lowest BCUT2D eigenvalue weighted by molar-refractivity contribution is 0.0685. The van der Waals surface area contributed by atoms with Crippen molar-refractivity contribution in [2.45, 2.75) is 12.8 Å². The standard InChI is InChI=1S/C7H10N2O3.ClH/c8-3-1-2-5-4-6(7(10)11)9-12-5;/h4H,1-3,8H2,(H,10,11);1H. The van der Waals surface area contributed by atoms with E-state index in [0.717, 1.165) is 6.42 Å². The van der Waals surface area contributed by atoms with Crippen molar-refractivity contribution in [3.63, 3.8) is 0 Å². The fourth-order valence-corrected chi connectivity index (χ4v) is 0.808. The molecule has 13 heavy (non-hydrogen) atoms. The van der Waals surface area contributed by atoms with Crippen molar-refractivity contribution in [1.29, 1.82) is 0 Å². The van der Waals surface area contributed by atoms with E-state index in [0.29, 0.717) is 18.7 Å². The molecule has 0 aliphatic heterocycles. The second-order valence-electron chi connectivity index (χ2n) is 2.38. The molecule has 0 aliphatic rings. The van der Waals surface area contributed by atoms with E-state index in [1.807, 2.05) is 0 Å². The van der Waals surface area contributed by atoms with Gasteiger partial charge in [0.15, 0.2) is 5.69 Å². The van der Waals surface area contributed by atoms with Gasteiger partial charge in [-0.15, -0.1) is 12.4 Å². The van der Waals surface area contributed by atoms with Gasteiger partial charge in [0.25, 0.3) is 0 Å². The zero-order valence-electron chi connectivity index (χ0n) is 6.90. The minimum absolute atomic E-state index is 0. The van der Waals surface area contributed by atoms with E-state index in [1.165, 1.54) is 6.07 Å². The molecule has 0 atom stereocenters. The van der Waals surface area contributed by atoms with E-state index in [4.69, 9.17) is 15.4 Å². The van der Waals surface area contributed by atoms with Crippen molar-refractivity contribution in [2.75, 3.05) is 6.54 Å². The second kappa shape index (κ2) is 5.55. The van der Waals surface area contributed by atoms with Crippen molar-refractivity contribution in [2.24, 2.45) is 5.73 Å². The van der Waals surface area contributed by atoms with Crippen LogP contribution in [0.2, 0.25) is 0 Å². The third-order valence-electron chi connectivity index (χ3n) is 1.41. The Labute approximate surface area is 81.3 Å². The molecule has 3 N–H and O–H groups in total. The number of nitrogens with two attached hydrogens (primary N) is 1. The Morgan fingerprint density at radius 2 is 2.38 bits per heavy atom. The second-order valence-corrected chi connectivity index (χ2v) is 2.38. The highest BCUT2D eigenvalue weighted by molar-refractivity contribution is 5.85. The molecule has 0 aromatic carbocycles. The van der Waals surface area contributed by atoms with Crippen LogP contribution in [0.4, 0.5) is 0 Å². The topological polar surface area (TPSA) is 89.4 Å². The lowest BCUT2D eigenvalue weighted by Crippen LogP contribution is -1.99. The molecule has 1 rings (SSSR count). The zero-order chi connectivity index (χ0) is 8.97. The zero-order valence-corrected chi connectivity index (χ0v) is 7.71. The first-order valence-corrected chi connectivity index (χ1v) is 3.63. The van der Waals surface area contributed by atoms with Gasteiger partial charge < -0.3 is 15.4 Å². The van der Waals surface area contributed by atoms with Crippen LogP contribution in [-0.2, 0) is 6.42 Å². The van der Waals surface area contributed by atoms with Gasteiger partial charge >= 0.3 is 5.97 Å². The molecule has 74 valence electrons. The maximum Gasteiger partial charge on any atom is 0.358 e. The minimum atomic E-state index is -1.07. The molecule has 6 heteroatoms. The molecule has 0 radical (unpaired) electrons. The molecule has 0 saturated heterocycles. The lowest BCUT2D eigenvalue weighted by Gasteiger charge is -1.88. The van der Waals surface area contributed by atoms with E-state index in [1.54, 1.807) is 0 Å². The molecule has 0 fully saturated rings. The van der Waals surface area contributed by atoms with E-state index in [9.17, 15) is 4.79 Å². The number of aromatic nitrogens is 1. The van der Waals surface area contributed by atoms with Gasteiger partial charge in [0.1, 0.15) is 5.76 Å². The highest BCUT2D eigenvalue weighted by Crippen LogP contribution is 2.05. The average Bonchev–Trinajstić information content (AvgIpc) is 2.48. The van der Waals surface area contributed by atoms with Crippen LogP contribution in [0.15, 0.2) is 10.6 Å². The molecular formula is C7H11ClN2O3. The van der Waals surface area contributed by atoms with Crippen molar-refractivity contribution < 1.29 is 14.4 Å². The summed E-state index contributed by atoms with van der Waals surface area (Å²) in [5, 5.41) is 11.8. The van der Waals surface area contributed by atoms with Crippen LogP contribution in [0.5, 0.6) is 0 Å². The normalized spacial score (nSPS) is 9.31. The smallest absolute Gasteiger partial charge is 0.358 e. The molecule has 1 aromatic heterocycles. The van der Waals surface area contributed by atoms with Gasteiger partial charge in [0, 0.05) is 12.5 Å². The number of halogens is 1. The molecule has 0 saturated carbocycles.